The van der Waals surface area contributed by atoms with Crippen LogP contribution in [0, 0.1) is 32.7 Å². The van der Waals surface area contributed by atoms with Gasteiger partial charge in [-0.05, 0) is 52.1 Å². The van der Waals surface area contributed by atoms with Crippen molar-refractivity contribution in [3.63, 3.8) is 0 Å². The predicted molar refractivity (Wildman–Crippen MR) is 98.5 cm³/mol. The van der Waals surface area contributed by atoms with Gasteiger partial charge in [-0.3, -0.25) is 4.55 Å². The summed E-state index contributed by atoms with van der Waals surface area (Å²) in [6.45, 7) is 6.81. The lowest BCUT2D eigenvalue weighted by Gasteiger charge is -2.23. The van der Waals surface area contributed by atoms with Crippen molar-refractivity contribution < 1.29 is 34.9 Å². The van der Waals surface area contributed by atoms with E-state index in [0.717, 1.165) is 0 Å². The molecule has 0 saturated heterocycles. The van der Waals surface area contributed by atoms with Crippen molar-refractivity contribution in [2.75, 3.05) is 0 Å². The highest BCUT2D eigenvalue weighted by Crippen LogP contribution is 2.27. The van der Waals surface area contributed by atoms with Crippen LogP contribution in [0.25, 0.3) is 0 Å². The highest BCUT2D eigenvalue weighted by Gasteiger charge is 2.32. The van der Waals surface area contributed by atoms with Crippen LogP contribution in [-0.2, 0) is 15.5 Å². The molecule has 0 amide bonds. The Morgan fingerprint density at radius 2 is 1.26 bits per heavy atom. The van der Waals surface area contributed by atoms with E-state index in [0.29, 0.717) is 5.41 Å². The van der Waals surface area contributed by atoms with Crippen LogP contribution >= 0.6 is 22.6 Å². The molecule has 2 rings (SSSR count). The molecule has 0 unspecified atom stereocenters. The Labute approximate surface area is 167 Å². The maximum absolute atomic E-state index is 12.6. The van der Waals surface area contributed by atoms with E-state index in [1.54, 1.807) is 0 Å². The first-order valence-corrected chi connectivity index (χ1v) is 10.0. The van der Waals surface area contributed by atoms with Gasteiger partial charge in [-0.2, -0.15) is 8.42 Å². The molecule has 0 aromatic heterocycles. The SMILES string of the molecule is CCC(C)(C)c1ccc(I)cc1.O=S(=O)(O)c1c(F)c(F)c(F)c(F)c1F. The number of halogens is 6. The summed E-state index contributed by atoms with van der Waals surface area (Å²) in [7, 11) is -5.52. The summed E-state index contributed by atoms with van der Waals surface area (Å²) in [5, 5.41) is 0. The zero-order chi connectivity index (χ0) is 21.2. The number of hydrogen-bond acceptors (Lipinski definition) is 2. The Morgan fingerprint density at radius 3 is 1.59 bits per heavy atom. The van der Waals surface area contributed by atoms with Crippen molar-refractivity contribution in [2.24, 2.45) is 0 Å². The van der Waals surface area contributed by atoms with Gasteiger partial charge in [-0.25, -0.2) is 22.0 Å². The Morgan fingerprint density at radius 1 is 0.889 bits per heavy atom. The third-order valence-electron chi connectivity index (χ3n) is 3.94. The molecular weight excluding hydrogens is 506 g/mol. The van der Waals surface area contributed by atoms with Gasteiger partial charge >= 0.3 is 10.1 Å². The average molecular weight is 522 g/mol. The van der Waals surface area contributed by atoms with E-state index in [9.17, 15) is 30.4 Å². The molecule has 0 fully saturated rings. The molecule has 2 aromatic carbocycles. The minimum absolute atomic E-state index is 0.324. The fourth-order valence-electron chi connectivity index (χ4n) is 1.92. The molecule has 0 spiro atoms. The van der Waals surface area contributed by atoms with Crippen LogP contribution in [-0.4, -0.2) is 13.0 Å². The van der Waals surface area contributed by atoms with Gasteiger partial charge in [0.25, 0.3) is 0 Å². The van der Waals surface area contributed by atoms with Crippen molar-refractivity contribution in [1.29, 1.82) is 0 Å². The quantitative estimate of drug-likeness (QED) is 0.188. The molecule has 0 atom stereocenters. The van der Waals surface area contributed by atoms with Crippen LogP contribution in [0.2, 0.25) is 0 Å². The lowest BCUT2D eigenvalue weighted by molar-refractivity contribution is 0.352. The molecule has 0 bridgehead atoms. The number of benzene rings is 2. The van der Waals surface area contributed by atoms with Crippen molar-refractivity contribution in [3.05, 3.63) is 62.5 Å². The average Bonchev–Trinajstić information content (AvgIpc) is 2.58. The van der Waals surface area contributed by atoms with Gasteiger partial charge in [0.15, 0.2) is 28.2 Å². The first-order chi connectivity index (χ1) is 12.2. The first kappa shape index (κ1) is 23.8. The topological polar surface area (TPSA) is 54.4 Å². The van der Waals surface area contributed by atoms with Gasteiger partial charge in [0.05, 0.1) is 0 Å². The highest BCUT2D eigenvalue weighted by atomic mass is 127. The summed E-state index contributed by atoms with van der Waals surface area (Å²) in [6, 6.07) is 8.80. The molecule has 0 aliphatic rings. The second-order valence-corrected chi connectivity index (χ2v) is 8.72. The van der Waals surface area contributed by atoms with Crippen molar-refractivity contribution in [1.82, 2.24) is 0 Å². The van der Waals surface area contributed by atoms with Crippen LogP contribution in [0.15, 0.2) is 29.2 Å². The molecule has 0 saturated carbocycles. The molecular formula is C17H16F5IO3S. The molecule has 150 valence electrons. The number of hydrogen-bond donors (Lipinski definition) is 1. The van der Waals surface area contributed by atoms with E-state index < -0.39 is 44.1 Å². The van der Waals surface area contributed by atoms with Crippen molar-refractivity contribution in [2.45, 2.75) is 37.5 Å². The Hall–Kier alpha value is -1.27. The largest absolute Gasteiger partial charge is 0.300 e. The zero-order valence-corrected chi connectivity index (χ0v) is 17.4. The lowest BCUT2D eigenvalue weighted by atomic mass is 9.82. The summed E-state index contributed by atoms with van der Waals surface area (Å²) in [6.07, 6.45) is 1.19. The molecule has 0 heterocycles. The minimum Gasteiger partial charge on any atom is -0.282 e. The summed E-state index contributed by atoms with van der Waals surface area (Å²) >= 11 is 2.34. The van der Waals surface area contributed by atoms with Crippen LogP contribution in [0.4, 0.5) is 22.0 Å². The molecule has 3 nitrogen and oxygen atoms in total. The van der Waals surface area contributed by atoms with Gasteiger partial charge < -0.3 is 0 Å². The normalized spacial score (nSPS) is 11.8. The second-order valence-electron chi connectivity index (χ2n) is 6.12. The fourth-order valence-corrected chi connectivity index (χ4v) is 2.91. The summed E-state index contributed by atoms with van der Waals surface area (Å²) in [5.41, 5.74) is 1.76. The van der Waals surface area contributed by atoms with E-state index >= 15 is 0 Å². The van der Waals surface area contributed by atoms with Gasteiger partial charge in [-0.1, -0.05) is 32.9 Å². The fraction of sp³-hybridized carbons (Fsp3) is 0.294. The lowest BCUT2D eigenvalue weighted by Crippen LogP contribution is -2.14. The molecule has 0 aliphatic carbocycles. The third kappa shape index (κ3) is 5.61. The van der Waals surface area contributed by atoms with Gasteiger partial charge in [0.2, 0.25) is 5.82 Å². The van der Waals surface area contributed by atoms with E-state index in [4.69, 9.17) is 4.55 Å². The summed E-state index contributed by atoms with van der Waals surface area (Å²) in [4.78, 5) is -2.26. The van der Waals surface area contributed by atoms with Crippen LogP contribution < -0.4 is 0 Å². The molecule has 27 heavy (non-hydrogen) atoms. The maximum Gasteiger partial charge on any atom is 0.300 e. The molecule has 1 N–H and O–H groups in total. The van der Waals surface area contributed by atoms with Crippen molar-refractivity contribution in [3.8, 4) is 0 Å². The van der Waals surface area contributed by atoms with E-state index in [-0.39, 0.29) is 0 Å². The van der Waals surface area contributed by atoms with Gasteiger partial charge in [-0.15, -0.1) is 0 Å². The highest BCUT2D eigenvalue weighted by molar-refractivity contribution is 14.1. The van der Waals surface area contributed by atoms with E-state index in [1.807, 2.05) is 0 Å². The first-order valence-electron chi connectivity index (χ1n) is 7.49. The van der Waals surface area contributed by atoms with Crippen LogP contribution in [0.1, 0.15) is 32.8 Å². The van der Waals surface area contributed by atoms with Crippen LogP contribution in [0.3, 0.4) is 0 Å². The second kappa shape index (κ2) is 8.82. The third-order valence-corrected chi connectivity index (χ3v) is 5.53. The molecule has 0 aliphatic heterocycles. The maximum atomic E-state index is 12.6. The Balaban J connectivity index is 0.000000277. The smallest absolute Gasteiger partial charge is 0.282 e. The van der Waals surface area contributed by atoms with E-state index in [2.05, 4.69) is 67.6 Å². The Bertz CT molecular complexity index is 900. The van der Waals surface area contributed by atoms with Gasteiger partial charge in [0, 0.05) is 3.57 Å². The standard InChI is InChI=1S/C11H15I.C6HF5O3S/c1-4-11(2,3)9-5-7-10(12)8-6-9;7-1-2(8)4(10)6(15(12,13)14)5(11)3(1)9/h5-8H,4H2,1-3H3;(H,12,13,14). The molecule has 0 radical (unpaired) electrons. The zero-order valence-electron chi connectivity index (χ0n) is 14.5. The number of rotatable bonds is 3. The van der Waals surface area contributed by atoms with Gasteiger partial charge in [0.1, 0.15) is 0 Å². The summed E-state index contributed by atoms with van der Waals surface area (Å²) in [5.74, 6) is -12.6. The molecule has 10 heteroatoms. The Kier molecular flexibility index (Phi) is 7.77. The van der Waals surface area contributed by atoms with E-state index in [1.165, 1.54) is 15.6 Å². The monoisotopic (exact) mass is 522 g/mol. The predicted octanol–water partition coefficient (Wildman–Crippen LogP) is 5.61. The van der Waals surface area contributed by atoms with Crippen LogP contribution in [0.5, 0.6) is 0 Å². The molecule has 2 aromatic rings. The summed E-state index contributed by atoms with van der Waals surface area (Å²) < 4.78 is 92.6. The minimum atomic E-state index is -5.52. The van der Waals surface area contributed by atoms with Crippen molar-refractivity contribution >= 4 is 32.7 Å².